The van der Waals surface area contributed by atoms with E-state index < -0.39 is 0 Å². The van der Waals surface area contributed by atoms with E-state index in [2.05, 4.69) is 20.9 Å². The van der Waals surface area contributed by atoms with E-state index in [4.69, 9.17) is 9.15 Å². The fourth-order valence-electron chi connectivity index (χ4n) is 2.45. The van der Waals surface area contributed by atoms with Gasteiger partial charge in [0.2, 0.25) is 0 Å². The van der Waals surface area contributed by atoms with Gasteiger partial charge in [-0.1, -0.05) is 0 Å². The van der Waals surface area contributed by atoms with Crippen LogP contribution < -0.4 is 4.90 Å². The highest BCUT2D eigenvalue weighted by molar-refractivity contribution is 5.39. The lowest BCUT2D eigenvalue weighted by Crippen LogP contribution is -2.18. The molecule has 0 unspecified atom stereocenters. The third-order valence-electron chi connectivity index (χ3n) is 3.60. The van der Waals surface area contributed by atoms with Crippen molar-refractivity contribution in [2.45, 2.75) is 25.8 Å². The van der Waals surface area contributed by atoms with Gasteiger partial charge in [-0.15, -0.1) is 0 Å². The quantitative estimate of drug-likeness (QED) is 0.856. The molecule has 20 heavy (non-hydrogen) atoms. The first kappa shape index (κ1) is 13.1. The summed E-state index contributed by atoms with van der Waals surface area (Å²) in [7, 11) is 2.01. The Hall–Kier alpha value is -1.88. The van der Waals surface area contributed by atoms with Crippen LogP contribution in [0, 0.1) is 6.92 Å². The van der Waals surface area contributed by atoms with Crippen LogP contribution in [0.25, 0.3) is 0 Å². The number of aryl methyl sites for hydroxylation is 1. The van der Waals surface area contributed by atoms with Crippen molar-refractivity contribution in [3.63, 3.8) is 0 Å². The monoisotopic (exact) mass is 273 g/mol. The number of rotatable bonds is 4. The van der Waals surface area contributed by atoms with Gasteiger partial charge in [-0.05, 0) is 25.5 Å². The van der Waals surface area contributed by atoms with E-state index in [1.807, 2.05) is 26.1 Å². The molecule has 0 aliphatic carbocycles. The average Bonchev–Trinajstić information content (AvgIpc) is 3.11. The second-order valence-electron chi connectivity index (χ2n) is 5.23. The Labute approximate surface area is 118 Å². The minimum atomic E-state index is 0.399. The minimum Gasteiger partial charge on any atom is -0.464 e. The second-order valence-corrected chi connectivity index (χ2v) is 5.23. The van der Waals surface area contributed by atoms with Gasteiger partial charge in [-0.2, -0.15) is 0 Å². The fourth-order valence-corrected chi connectivity index (χ4v) is 2.45. The zero-order valence-electron chi connectivity index (χ0n) is 11.9. The Bertz CT molecular complexity index is 576. The van der Waals surface area contributed by atoms with Crippen LogP contribution in [-0.2, 0) is 11.3 Å². The minimum absolute atomic E-state index is 0.399. The van der Waals surface area contributed by atoms with Gasteiger partial charge in [0.15, 0.2) is 0 Å². The zero-order valence-corrected chi connectivity index (χ0v) is 11.9. The molecule has 2 aromatic heterocycles. The molecule has 1 atom stereocenters. The van der Waals surface area contributed by atoms with E-state index in [0.717, 1.165) is 42.7 Å². The number of furan rings is 1. The van der Waals surface area contributed by atoms with Crippen molar-refractivity contribution in [3.05, 3.63) is 41.7 Å². The van der Waals surface area contributed by atoms with Crippen molar-refractivity contribution < 1.29 is 9.15 Å². The number of ether oxygens (including phenoxy) is 1. The van der Waals surface area contributed by atoms with Crippen LogP contribution in [0.1, 0.15) is 29.6 Å². The van der Waals surface area contributed by atoms with Crippen LogP contribution in [0.5, 0.6) is 0 Å². The van der Waals surface area contributed by atoms with Crippen LogP contribution in [0.4, 0.5) is 5.82 Å². The van der Waals surface area contributed by atoms with Crippen molar-refractivity contribution in [1.29, 1.82) is 0 Å². The van der Waals surface area contributed by atoms with E-state index >= 15 is 0 Å². The molecular weight excluding hydrogens is 254 g/mol. The maximum atomic E-state index is 5.60. The molecule has 0 bridgehead atoms. The predicted molar refractivity (Wildman–Crippen MR) is 75.8 cm³/mol. The highest BCUT2D eigenvalue weighted by Gasteiger charge is 2.20. The number of anilines is 1. The summed E-state index contributed by atoms with van der Waals surface area (Å²) in [4.78, 5) is 10.8. The molecule has 106 valence electrons. The molecule has 0 aromatic carbocycles. The van der Waals surface area contributed by atoms with E-state index in [-0.39, 0.29) is 0 Å². The number of nitrogens with zero attached hydrogens (tertiary/aromatic N) is 3. The summed E-state index contributed by atoms with van der Waals surface area (Å²) in [5.41, 5.74) is 1.06. The normalized spacial score (nSPS) is 18.4. The Morgan fingerprint density at radius 3 is 2.95 bits per heavy atom. The molecule has 3 heterocycles. The van der Waals surface area contributed by atoms with Gasteiger partial charge in [-0.3, -0.25) is 0 Å². The summed E-state index contributed by atoms with van der Waals surface area (Å²) < 4.78 is 11.0. The lowest BCUT2D eigenvalue weighted by atomic mass is 10.0. The summed E-state index contributed by atoms with van der Waals surface area (Å²) in [6, 6.07) is 6.03. The van der Waals surface area contributed by atoms with Crippen molar-refractivity contribution in [1.82, 2.24) is 9.97 Å². The lowest BCUT2D eigenvalue weighted by molar-refractivity contribution is 0.193. The maximum Gasteiger partial charge on any atom is 0.132 e. The largest absolute Gasteiger partial charge is 0.464 e. The van der Waals surface area contributed by atoms with Crippen molar-refractivity contribution in [2.24, 2.45) is 0 Å². The molecule has 0 spiro atoms. The first-order chi connectivity index (χ1) is 9.72. The zero-order chi connectivity index (χ0) is 13.9. The number of hydrogen-bond donors (Lipinski definition) is 0. The first-order valence-electron chi connectivity index (χ1n) is 6.88. The summed E-state index contributed by atoms with van der Waals surface area (Å²) >= 11 is 0. The van der Waals surface area contributed by atoms with Gasteiger partial charge in [-0.25, -0.2) is 9.97 Å². The standard InChI is InChI=1S/C15H19N3O2/c1-11-3-4-13(20-11)8-18(2)15-7-14(16-10-17-15)12-5-6-19-9-12/h3-4,7,10,12H,5-6,8-9H2,1-2H3/t12-/m0/s1. The Morgan fingerprint density at radius 2 is 2.25 bits per heavy atom. The second kappa shape index (κ2) is 5.63. The van der Waals surface area contributed by atoms with Gasteiger partial charge in [0, 0.05) is 25.6 Å². The molecule has 5 heteroatoms. The maximum absolute atomic E-state index is 5.60. The molecule has 1 saturated heterocycles. The fraction of sp³-hybridized carbons (Fsp3) is 0.467. The number of hydrogen-bond acceptors (Lipinski definition) is 5. The van der Waals surface area contributed by atoms with Crippen molar-refractivity contribution >= 4 is 5.82 Å². The molecular formula is C15H19N3O2. The SMILES string of the molecule is Cc1ccc(CN(C)c2cc([C@H]3CCOC3)ncn2)o1. The van der Waals surface area contributed by atoms with Crippen molar-refractivity contribution in [3.8, 4) is 0 Å². The van der Waals surface area contributed by atoms with Crippen LogP contribution in [-0.4, -0.2) is 30.2 Å². The molecule has 0 N–H and O–H groups in total. The molecule has 1 fully saturated rings. The summed E-state index contributed by atoms with van der Waals surface area (Å²) in [6.07, 6.45) is 2.67. The third kappa shape index (κ3) is 2.82. The summed E-state index contributed by atoms with van der Waals surface area (Å²) in [5, 5.41) is 0. The van der Waals surface area contributed by atoms with E-state index in [1.165, 1.54) is 0 Å². The topological polar surface area (TPSA) is 51.4 Å². The Morgan fingerprint density at radius 1 is 1.35 bits per heavy atom. The summed E-state index contributed by atoms with van der Waals surface area (Å²) in [6.45, 7) is 4.24. The van der Waals surface area contributed by atoms with Crippen molar-refractivity contribution in [2.75, 3.05) is 25.2 Å². The van der Waals surface area contributed by atoms with Crippen LogP contribution in [0.3, 0.4) is 0 Å². The lowest BCUT2D eigenvalue weighted by Gasteiger charge is -2.18. The highest BCUT2D eigenvalue weighted by atomic mass is 16.5. The molecule has 0 radical (unpaired) electrons. The molecule has 0 saturated carbocycles. The van der Waals surface area contributed by atoms with Gasteiger partial charge < -0.3 is 14.1 Å². The van der Waals surface area contributed by atoms with Gasteiger partial charge in [0.1, 0.15) is 23.7 Å². The Balaban J connectivity index is 1.73. The molecule has 2 aromatic rings. The smallest absolute Gasteiger partial charge is 0.132 e. The van der Waals surface area contributed by atoms with Gasteiger partial charge in [0.05, 0.1) is 18.8 Å². The van der Waals surface area contributed by atoms with E-state index in [0.29, 0.717) is 12.5 Å². The molecule has 1 aliphatic rings. The van der Waals surface area contributed by atoms with E-state index in [9.17, 15) is 0 Å². The molecule has 1 aliphatic heterocycles. The van der Waals surface area contributed by atoms with Crippen LogP contribution in [0.2, 0.25) is 0 Å². The third-order valence-corrected chi connectivity index (χ3v) is 3.60. The van der Waals surface area contributed by atoms with Crippen LogP contribution in [0.15, 0.2) is 28.9 Å². The Kier molecular flexibility index (Phi) is 3.69. The van der Waals surface area contributed by atoms with Gasteiger partial charge in [0.25, 0.3) is 0 Å². The highest BCUT2D eigenvalue weighted by Crippen LogP contribution is 2.25. The van der Waals surface area contributed by atoms with Crippen LogP contribution >= 0.6 is 0 Å². The van der Waals surface area contributed by atoms with Gasteiger partial charge >= 0.3 is 0 Å². The average molecular weight is 273 g/mol. The molecule has 5 nitrogen and oxygen atoms in total. The number of aromatic nitrogens is 2. The molecule has 3 rings (SSSR count). The van der Waals surface area contributed by atoms with E-state index in [1.54, 1.807) is 6.33 Å². The summed E-state index contributed by atoms with van der Waals surface area (Å²) in [5.74, 6) is 3.18. The first-order valence-corrected chi connectivity index (χ1v) is 6.88. The predicted octanol–water partition coefficient (Wildman–Crippen LogP) is 2.52. The molecule has 0 amide bonds.